The molecule has 0 fully saturated rings. The summed E-state index contributed by atoms with van der Waals surface area (Å²) in [6.07, 6.45) is 0. The highest BCUT2D eigenvalue weighted by molar-refractivity contribution is 7.90. The maximum atomic E-state index is 11.5. The molecule has 7 heteroatoms. The van der Waals surface area contributed by atoms with Gasteiger partial charge in [-0.3, -0.25) is 4.72 Å². The largest absolute Gasteiger partial charge is 0.265 e. The third-order valence-electron chi connectivity index (χ3n) is 1.65. The predicted molar refractivity (Wildman–Crippen MR) is 54.7 cm³/mol. The third kappa shape index (κ3) is 1.58. The lowest BCUT2D eigenvalue weighted by Crippen LogP contribution is -2.29. The first-order valence-corrected chi connectivity index (χ1v) is 5.79. The van der Waals surface area contributed by atoms with Gasteiger partial charge in [-0.15, -0.1) is 0 Å². The first-order valence-electron chi connectivity index (χ1n) is 3.55. The van der Waals surface area contributed by atoms with E-state index in [1.807, 2.05) is 0 Å². The lowest BCUT2D eigenvalue weighted by molar-refractivity contribution is 0.592. The number of aliphatic imine (C=N–C) groups is 1. The van der Waals surface area contributed by atoms with Crippen molar-refractivity contribution >= 4 is 44.2 Å². The number of amidine groups is 1. The summed E-state index contributed by atoms with van der Waals surface area (Å²) < 4.78 is 25.1. The normalized spacial score (nSPS) is 18.0. The Balaban J connectivity index is 2.77. The molecule has 1 aromatic carbocycles. The zero-order valence-corrected chi connectivity index (χ0v) is 8.99. The molecule has 0 bridgehead atoms. The maximum absolute atomic E-state index is 11.5. The average molecular weight is 251 g/mol. The van der Waals surface area contributed by atoms with Gasteiger partial charge in [-0.05, 0) is 29.8 Å². The van der Waals surface area contributed by atoms with Crippen molar-refractivity contribution in [1.82, 2.24) is 4.72 Å². The fraction of sp³-hybridized carbons (Fsp3) is 0. The molecule has 0 saturated heterocycles. The second-order valence-electron chi connectivity index (χ2n) is 2.62. The average Bonchev–Trinajstić information content (AvgIpc) is 2.05. The molecule has 14 heavy (non-hydrogen) atoms. The van der Waals surface area contributed by atoms with Crippen molar-refractivity contribution < 1.29 is 8.42 Å². The molecule has 0 spiro atoms. The fourth-order valence-corrected chi connectivity index (χ4v) is 2.77. The van der Waals surface area contributed by atoms with Gasteiger partial charge >= 0.3 is 0 Å². The van der Waals surface area contributed by atoms with Gasteiger partial charge in [0.05, 0.1) is 5.69 Å². The SMILES string of the molecule is O=S1(=O)NC(Cl)=Nc2ccc(Cl)cc21. The van der Waals surface area contributed by atoms with Gasteiger partial charge in [0.25, 0.3) is 10.0 Å². The standard InChI is InChI=1S/C7H4Cl2N2O2S/c8-4-1-2-5-6(3-4)14(12,13)11-7(9)10-5/h1-3H,(H,10,11). The molecule has 0 aromatic heterocycles. The summed E-state index contributed by atoms with van der Waals surface area (Å²) in [5, 5.41) is 0.169. The van der Waals surface area contributed by atoms with Gasteiger partial charge in [0.15, 0.2) is 0 Å². The van der Waals surface area contributed by atoms with E-state index in [0.717, 1.165) is 0 Å². The number of rotatable bonds is 0. The number of halogens is 2. The summed E-state index contributed by atoms with van der Waals surface area (Å²) in [6, 6.07) is 4.37. The fourth-order valence-electron chi connectivity index (χ4n) is 1.09. The Morgan fingerprint density at radius 3 is 2.71 bits per heavy atom. The summed E-state index contributed by atoms with van der Waals surface area (Å²) in [7, 11) is -3.61. The van der Waals surface area contributed by atoms with Crippen molar-refractivity contribution in [3.63, 3.8) is 0 Å². The van der Waals surface area contributed by atoms with Crippen molar-refractivity contribution in [2.24, 2.45) is 4.99 Å². The van der Waals surface area contributed by atoms with E-state index in [-0.39, 0.29) is 15.9 Å². The van der Waals surface area contributed by atoms with Gasteiger partial charge in [0.1, 0.15) is 4.90 Å². The lowest BCUT2D eigenvalue weighted by Gasteiger charge is -2.13. The van der Waals surface area contributed by atoms with Crippen LogP contribution in [0.4, 0.5) is 5.69 Å². The Bertz CT molecular complexity index is 524. The van der Waals surface area contributed by atoms with Crippen molar-refractivity contribution in [3.8, 4) is 0 Å². The number of hydrogen-bond donors (Lipinski definition) is 1. The first kappa shape index (κ1) is 9.76. The molecule has 0 aliphatic carbocycles. The number of benzene rings is 1. The Morgan fingerprint density at radius 2 is 2.00 bits per heavy atom. The van der Waals surface area contributed by atoms with Gasteiger partial charge in [-0.2, -0.15) is 0 Å². The highest BCUT2D eigenvalue weighted by atomic mass is 35.5. The zero-order valence-electron chi connectivity index (χ0n) is 6.66. The van der Waals surface area contributed by atoms with Crippen LogP contribution in [0.3, 0.4) is 0 Å². The molecule has 0 radical (unpaired) electrons. The van der Waals surface area contributed by atoms with Crippen molar-refractivity contribution in [1.29, 1.82) is 0 Å². The van der Waals surface area contributed by atoms with Crippen molar-refractivity contribution in [2.45, 2.75) is 4.90 Å². The minimum absolute atomic E-state index is 0.0365. The van der Waals surface area contributed by atoms with Crippen LogP contribution in [0.25, 0.3) is 0 Å². The number of hydrogen-bond acceptors (Lipinski definition) is 3. The Hall–Kier alpha value is -0.780. The Labute approximate surface area is 90.6 Å². The van der Waals surface area contributed by atoms with E-state index in [0.29, 0.717) is 5.02 Å². The molecule has 0 unspecified atom stereocenters. The molecule has 1 aliphatic heterocycles. The highest BCUT2D eigenvalue weighted by Gasteiger charge is 2.24. The molecule has 2 rings (SSSR count). The smallest absolute Gasteiger partial charge is 0.253 e. The summed E-state index contributed by atoms with van der Waals surface area (Å²) in [4.78, 5) is 3.85. The highest BCUT2D eigenvalue weighted by Crippen LogP contribution is 2.30. The molecule has 1 aliphatic rings. The molecule has 0 amide bonds. The molecule has 1 N–H and O–H groups in total. The second kappa shape index (κ2) is 3.12. The molecule has 0 saturated carbocycles. The molecule has 1 aromatic rings. The van der Waals surface area contributed by atoms with E-state index < -0.39 is 10.0 Å². The molecular weight excluding hydrogens is 247 g/mol. The van der Waals surface area contributed by atoms with Crippen LogP contribution >= 0.6 is 23.2 Å². The Morgan fingerprint density at radius 1 is 1.29 bits per heavy atom. The quantitative estimate of drug-likeness (QED) is 0.715. The number of sulfonamides is 1. The van der Waals surface area contributed by atoms with Crippen LogP contribution < -0.4 is 4.72 Å². The summed E-state index contributed by atoms with van der Waals surface area (Å²) in [6.45, 7) is 0. The van der Waals surface area contributed by atoms with Crippen LogP contribution in [0.2, 0.25) is 5.02 Å². The summed E-state index contributed by atoms with van der Waals surface area (Å²) >= 11 is 11.2. The summed E-state index contributed by atoms with van der Waals surface area (Å²) in [5.74, 6) is 0. The van der Waals surface area contributed by atoms with Gasteiger partial charge in [0.2, 0.25) is 5.29 Å². The van der Waals surface area contributed by atoms with Gasteiger partial charge in [-0.1, -0.05) is 11.6 Å². The monoisotopic (exact) mass is 250 g/mol. The van der Waals surface area contributed by atoms with E-state index in [1.165, 1.54) is 12.1 Å². The molecule has 4 nitrogen and oxygen atoms in total. The van der Waals surface area contributed by atoms with Gasteiger partial charge in [0, 0.05) is 5.02 Å². The van der Waals surface area contributed by atoms with Crippen LogP contribution in [0.1, 0.15) is 0 Å². The first-order chi connectivity index (χ1) is 6.49. The number of nitrogens with one attached hydrogen (secondary N) is 1. The molecule has 1 heterocycles. The summed E-state index contributed by atoms with van der Waals surface area (Å²) in [5.41, 5.74) is 0.290. The van der Waals surface area contributed by atoms with Gasteiger partial charge in [-0.25, -0.2) is 13.4 Å². The van der Waals surface area contributed by atoms with Crippen molar-refractivity contribution in [2.75, 3.05) is 0 Å². The topological polar surface area (TPSA) is 58.5 Å². The Kier molecular flexibility index (Phi) is 2.17. The zero-order chi connectivity index (χ0) is 10.3. The van der Waals surface area contributed by atoms with Crippen molar-refractivity contribution in [3.05, 3.63) is 23.2 Å². The van der Waals surface area contributed by atoms with E-state index >= 15 is 0 Å². The van der Waals surface area contributed by atoms with Crippen LogP contribution in [0, 0.1) is 0 Å². The van der Waals surface area contributed by atoms with Crippen LogP contribution in [-0.2, 0) is 10.0 Å². The van der Waals surface area contributed by atoms with E-state index in [4.69, 9.17) is 23.2 Å². The van der Waals surface area contributed by atoms with Crippen LogP contribution in [-0.4, -0.2) is 13.7 Å². The van der Waals surface area contributed by atoms with Gasteiger partial charge < -0.3 is 0 Å². The minimum atomic E-state index is -3.61. The molecular formula is C7H4Cl2N2O2S. The predicted octanol–water partition coefficient (Wildman–Crippen LogP) is 1.86. The van der Waals surface area contributed by atoms with Crippen LogP contribution in [0.5, 0.6) is 0 Å². The second-order valence-corrected chi connectivity index (χ2v) is 5.07. The molecule has 74 valence electrons. The minimum Gasteiger partial charge on any atom is -0.253 e. The maximum Gasteiger partial charge on any atom is 0.265 e. The van der Waals surface area contributed by atoms with Crippen LogP contribution in [0.15, 0.2) is 28.1 Å². The van der Waals surface area contributed by atoms with E-state index in [1.54, 1.807) is 6.07 Å². The lowest BCUT2D eigenvalue weighted by atomic mass is 10.3. The van der Waals surface area contributed by atoms with E-state index in [9.17, 15) is 8.42 Å². The number of fused-ring (bicyclic) bond motifs is 1. The van der Waals surface area contributed by atoms with E-state index in [2.05, 4.69) is 9.71 Å². The molecule has 0 atom stereocenters. The number of nitrogens with zero attached hydrogens (tertiary/aromatic N) is 1. The third-order valence-corrected chi connectivity index (χ3v) is 3.54.